The van der Waals surface area contributed by atoms with Gasteiger partial charge in [0.05, 0.1) is 0 Å². The van der Waals surface area contributed by atoms with E-state index in [1.807, 2.05) is 0 Å². The standard InChI is InChI=1S/C15H25N3O2/c1-17(10-13-9-11-2-3-12(13)8-11)14(19)15(20)18-6-4-16-5-7-18/h11-13,16H,2-10H2,1H3. The Morgan fingerprint density at radius 1 is 1.20 bits per heavy atom. The maximum absolute atomic E-state index is 12.3. The van der Waals surface area contributed by atoms with Crippen molar-refractivity contribution in [3.8, 4) is 0 Å². The first-order valence-electron chi connectivity index (χ1n) is 7.90. The summed E-state index contributed by atoms with van der Waals surface area (Å²) in [4.78, 5) is 27.8. The second-order valence-electron chi connectivity index (χ2n) is 6.66. The van der Waals surface area contributed by atoms with Gasteiger partial charge in [0.15, 0.2) is 0 Å². The van der Waals surface area contributed by atoms with Gasteiger partial charge in [-0.2, -0.15) is 0 Å². The van der Waals surface area contributed by atoms with Gasteiger partial charge in [-0.15, -0.1) is 0 Å². The molecule has 2 amide bonds. The molecule has 0 spiro atoms. The zero-order chi connectivity index (χ0) is 14.1. The predicted molar refractivity (Wildman–Crippen MR) is 76.0 cm³/mol. The summed E-state index contributed by atoms with van der Waals surface area (Å²) in [5.41, 5.74) is 0. The fourth-order valence-electron chi connectivity index (χ4n) is 4.20. The minimum atomic E-state index is -0.324. The molecule has 1 aliphatic heterocycles. The number of nitrogens with zero attached hydrogens (tertiary/aromatic N) is 2. The van der Waals surface area contributed by atoms with E-state index in [-0.39, 0.29) is 11.8 Å². The van der Waals surface area contributed by atoms with E-state index < -0.39 is 0 Å². The molecular formula is C15H25N3O2. The van der Waals surface area contributed by atoms with Gasteiger partial charge >= 0.3 is 11.8 Å². The molecule has 0 aromatic carbocycles. The number of carbonyl (C=O) groups excluding carboxylic acids is 2. The molecule has 2 bridgehead atoms. The van der Waals surface area contributed by atoms with Crippen LogP contribution in [0.5, 0.6) is 0 Å². The van der Waals surface area contributed by atoms with Crippen molar-refractivity contribution in [2.24, 2.45) is 17.8 Å². The summed E-state index contributed by atoms with van der Waals surface area (Å²) >= 11 is 0. The molecule has 20 heavy (non-hydrogen) atoms. The monoisotopic (exact) mass is 279 g/mol. The van der Waals surface area contributed by atoms with Crippen LogP contribution in [0.25, 0.3) is 0 Å². The summed E-state index contributed by atoms with van der Waals surface area (Å²) in [5, 5.41) is 3.20. The molecule has 5 heteroatoms. The largest absolute Gasteiger partial charge is 0.337 e. The average molecular weight is 279 g/mol. The number of nitrogens with one attached hydrogen (secondary N) is 1. The van der Waals surface area contributed by atoms with Crippen LogP contribution in [0, 0.1) is 17.8 Å². The third-order valence-corrected chi connectivity index (χ3v) is 5.33. The molecule has 3 rings (SSSR count). The van der Waals surface area contributed by atoms with E-state index in [0.717, 1.165) is 31.5 Å². The van der Waals surface area contributed by atoms with Crippen molar-refractivity contribution >= 4 is 11.8 Å². The van der Waals surface area contributed by atoms with E-state index in [4.69, 9.17) is 0 Å². The van der Waals surface area contributed by atoms with Gasteiger partial charge in [0.2, 0.25) is 0 Å². The van der Waals surface area contributed by atoms with Gasteiger partial charge in [0, 0.05) is 39.8 Å². The first-order chi connectivity index (χ1) is 9.65. The third kappa shape index (κ3) is 2.68. The molecular weight excluding hydrogens is 254 g/mol. The molecule has 5 nitrogen and oxygen atoms in total. The number of amides is 2. The van der Waals surface area contributed by atoms with Crippen LogP contribution >= 0.6 is 0 Å². The maximum Gasteiger partial charge on any atom is 0.312 e. The van der Waals surface area contributed by atoms with Gasteiger partial charge in [0.1, 0.15) is 0 Å². The van der Waals surface area contributed by atoms with Crippen molar-refractivity contribution in [1.29, 1.82) is 0 Å². The van der Waals surface area contributed by atoms with Crippen LogP contribution in [-0.4, -0.2) is 61.4 Å². The predicted octanol–water partition coefficient (Wildman–Crippen LogP) is 0.313. The van der Waals surface area contributed by atoms with Gasteiger partial charge in [-0.05, 0) is 37.0 Å². The molecule has 2 saturated carbocycles. The Hall–Kier alpha value is -1.10. The topological polar surface area (TPSA) is 52.7 Å². The Kier molecular flexibility index (Phi) is 3.96. The minimum absolute atomic E-state index is 0.322. The lowest BCUT2D eigenvalue weighted by Gasteiger charge is -2.30. The third-order valence-electron chi connectivity index (χ3n) is 5.33. The first-order valence-corrected chi connectivity index (χ1v) is 7.90. The van der Waals surface area contributed by atoms with E-state index in [9.17, 15) is 9.59 Å². The maximum atomic E-state index is 12.3. The minimum Gasteiger partial charge on any atom is -0.337 e. The number of rotatable bonds is 2. The molecule has 3 atom stereocenters. The molecule has 3 aliphatic rings. The first kappa shape index (κ1) is 13.9. The molecule has 3 fully saturated rings. The van der Waals surface area contributed by atoms with Gasteiger partial charge in [-0.3, -0.25) is 9.59 Å². The van der Waals surface area contributed by atoms with Crippen LogP contribution in [0.4, 0.5) is 0 Å². The molecule has 1 saturated heterocycles. The van der Waals surface area contributed by atoms with Crippen molar-refractivity contribution in [2.45, 2.75) is 25.7 Å². The normalized spacial score (nSPS) is 32.5. The van der Waals surface area contributed by atoms with E-state index in [1.54, 1.807) is 16.8 Å². The number of hydrogen-bond acceptors (Lipinski definition) is 3. The Labute approximate surface area is 120 Å². The summed E-state index contributed by atoms with van der Waals surface area (Å²) in [5.74, 6) is 1.66. The Morgan fingerprint density at radius 3 is 2.55 bits per heavy atom. The van der Waals surface area contributed by atoms with E-state index in [1.165, 1.54) is 25.7 Å². The molecule has 112 valence electrons. The summed E-state index contributed by atoms with van der Waals surface area (Å²) in [6.45, 7) is 3.63. The van der Waals surface area contributed by atoms with Crippen molar-refractivity contribution in [2.75, 3.05) is 39.8 Å². The van der Waals surface area contributed by atoms with Gasteiger partial charge in [0.25, 0.3) is 0 Å². The van der Waals surface area contributed by atoms with Gasteiger partial charge in [-0.1, -0.05) is 6.42 Å². The average Bonchev–Trinajstić information content (AvgIpc) is 3.09. The summed E-state index contributed by atoms with van der Waals surface area (Å²) in [7, 11) is 1.79. The highest BCUT2D eigenvalue weighted by molar-refractivity contribution is 6.34. The lowest BCUT2D eigenvalue weighted by Crippen LogP contribution is -2.52. The fourth-order valence-corrected chi connectivity index (χ4v) is 4.20. The highest BCUT2D eigenvalue weighted by atomic mass is 16.2. The Bertz CT molecular complexity index is 393. The van der Waals surface area contributed by atoms with Crippen molar-refractivity contribution in [1.82, 2.24) is 15.1 Å². The fraction of sp³-hybridized carbons (Fsp3) is 0.867. The van der Waals surface area contributed by atoms with Gasteiger partial charge in [-0.25, -0.2) is 0 Å². The second-order valence-corrected chi connectivity index (χ2v) is 6.66. The molecule has 0 aromatic heterocycles. The van der Waals surface area contributed by atoms with Crippen LogP contribution in [0.15, 0.2) is 0 Å². The number of hydrogen-bond donors (Lipinski definition) is 1. The smallest absolute Gasteiger partial charge is 0.312 e. The van der Waals surface area contributed by atoms with Crippen molar-refractivity contribution < 1.29 is 9.59 Å². The van der Waals surface area contributed by atoms with Crippen LogP contribution in [0.2, 0.25) is 0 Å². The lowest BCUT2D eigenvalue weighted by molar-refractivity contribution is -0.151. The Balaban J connectivity index is 1.52. The molecule has 1 heterocycles. The van der Waals surface area contributed by atoms with E-state index in [2.05, 4.69) is 5.32 Å². The van der Waals surface area contributed by atoms with E-state index >= 15 is 0 Å². The molecule has 0 aromatic rings. The Morgan fingerprint density at radius 2 is 1.95 bits per heavy atom. The zero-order valence-electron chi connectivity index (χ0n) is 12.3. The number of carbonyl (C=O) groups is 2. The quantitative estimate of drug-likeness (QED) is 0.740. The molecule has 1 N–H and O–H groups in total. The lowest BCUT2D eigenvalue weighted by atomic mass is 9.88. The molecule has 2 aliphatic carbocycles. The molecule has 0 radical (unpaired) electrons. The van der Waals surface area contributed by atoms with E-state index in [0.29, 0.717) is 19.0 Å². The van der Waals surface area contributed by atoms with Crippen molar-refractivity contribution in [3.05, 3.63) is 0 Å². The number of piperazine rings is 1. The second kappa shape index (κ2) is 5.72. The van der Waals surface area contributed by atoms with Crippen LogP contribution in [0.1, 0.15) is 25.7 Å². The zero-order valence-corrected chi connectivity index (χ0v) is 12.3. The van der Waals surface area contributed by atoms with Crippen molar-refractivity contribution in [3.63, 3.8) is 0 Å². The van der Waals surface area contributed by atoms with Gasteiger partial charge < -0.3 is 15.1 Å². The van der Waals surface area contributed by atoms with Crippen LogP contribution in [0.3, 0.4) is 0 Å². The summed E-state index contributed by atoms with van der Waals surface area (Å²) in [6.07, 6.45) is 5.30. The SMILES string of the molecule is CN(CC1CC2CCC1C2)C(=O)C(=O)N1CCNCC1. The van der Waals surface area contributed by atoms with Crippen LogP contribution < -0.4 is 5.32 Å². The number of likely N-dealkylation sites (N-methyl/N-ethyl adjacent to an activating group) is 1. The van der Waals surface area contributed by atoms with Crippen LogP contribution in [-0.2, 0) is 9.59 Å². The molecule has 3 unspecified atom stereocenters. The highest BCUT2D eigenvalue weighted by Gasteiger charge is 2.40. The summed E-state index contributed by atoms with van der Waals surface area (Å²) in [6, 6.07) is 0. The summed E-state index contributed by atoms with van der Waals surface area (Å²) < 4.78 is 0. The number of fused-ring (bicyclic) bond motifs is 2. The highest BCUT2D eigenvalue weighted by Crippen LogP contribution is 2.48.